The van der Waals surface area contributed by atoms with E-state index in [1.807, 2.05) is 6.92 Å². The van der Waals surface area contributed by atoms with Crippen molar-refractivity contribution in [2.45, 2.75) is 58.0 Å². The summed E-state index contributed by atoms with van der Waals surface area (Å²) < 4.78 is 14.4. The van der Waals surface area contributed by atoms with Crippen LogP contribution in [0.4, 0.5) is 4.39 Å². The Labute approximate surface area is 152 Å². The highest BCUT2D eigenvalue weighted by Gasteiger charge is 2.15. The molecule has 0 fully saturated rings. The van der Waals surface area contributed by atoms with Crippen molar-refractivity contribution >= 4 is 5.91 Å². The predicted molar refractivity (Wildman–Crippen MR) is 97.5 cm³/mol. The molecule has 1 amide bonds. The molecular weight excluding hydrogens is 333 g/mol. The minimum Gasteiger partial charge on any atom is -0.351 e. The first-order valence-electron chi connectivity index (χ1n) is 9.15. The second-order valence-electron chi connectivity index (χ2n) is 6.97. The van der Waals surface area contributed by atoms with Gasteiger partial charge in [0, 0.05) is 12.1 Å². The normalized spacial score (nSPS) is 15.0. The standard InChI is InChI=1S/C20H24FN3O2/c1-14(22-19(25)11-15-7-9-17(21)10-8-15)13-24-20(26)12-16-5-3-2-4-6-18(16)23-24/h7-10,12,14H,2-6,11,13H2,1H3,(H,22,25)/t14-/m1/s1. The Morgan fingerprint density at radius 2 is 1.96 bits per heavy atom. The summed E-state index contributed by atoms with van der Waals surface area (Å²) in [7, 11) is 0. The van der Waals surface area contributed by atoms with Crippen LogP contribution in [0.25, 0.3) is 0 Å². The lowest BCUT2D eigenvalue weighted by molar-refractivity contribution is -0.121. The van der Waals surface area contributed by atoms with E-state index in [1.54, 1.807) is 18.2 Å². The molecule has 0 unspecified atom stereocenters. The van der Waals surface area contributed by atoms with Crippen molar-refractivity contribution in [3.8, 4) is 0 Å². The highest BCUT2D eigenvalue weighted by molar-refractivity contribution is 5.78. The topological polar surface area (TPSA) is 64.0 Å². The molecular formula is C20H24FN3O2. The van der Waals surface area contributed by atoms with Gasteiger partial charge in [0.15, 0.2) is 0 Å². The number of amides is 1. The Balaban J connectivity index is 1.61. The second-order valence-corrected chi connectivity index (χ2v) is 6.97. The fraction of sp³-hybridized carbons (Fsp3) is 0.450. The van der Waals surface area contributed by atoms with Crippen molar-refractivity contribution in [3.05, 3.63) is 63.3 Å². The van der Waals surface area contributed by atoms with Gasteiger partial charge in [0.05, 0.1) is 18.7 Å². The average molecular weight is 357 g/mol. The minimum absolute atomic E-state index is 0.120. The number of hydrogen-bond donors (Lipinski definition) is 1. The molecule has 1 heterocycles. The number of nitrogens with zero attached hydrogens (tertiary/aromatic N) is 2. The van der Waals surface area contributed by atoms with Crippen molar-refractivity contribution < 1.29 is 9.18 Å². The van der Waals surface area contributed by atoms with Gasteiger partial charge < -0.3 is 5.32 Å². The number of aromatic nitrogens is 2. The molecule has 3 rings (SSSR count). The Hall–Kier alpha value is -2.50. The number of halogens is 1. The molecule has 1 aromatic carbocycles. The van der Waals surface area contributed by atoms with Crippen LogP contribution in [0.2, 0.25) is 0 Å². The summed E-state index contributed by atoms with van der Waals surface area (Å²) in [5, 5.41) is 7.40. The number of aryl methyl sites for hydroxylation is 2. The van der Waals surface area contributed by atoms with Crippen LogP contribution in [-0.4, -0.2) is 21.7 Å². The summed E-state index contributed by atoms with van der Waals surface area (Å²) in [4.78, 5) is 24.4. The van der Waals surface area contributed by atoms with E-state index in [0.29, 0.717) is 6.54 Å². The van der Waals surface area contributed by atoms with Gasteiger partial charge in [-0.15, -0.1) is 0 Å². The van der Waals surface area contributed by atoms with Crippen LogP contribution in [0.1, 0.15) is 43.0 Å². The van der Waals surface area contributed by atoms with Crippen LogP contribution >= 0.6 is 0 Å². The highest BCUT2D eigenvalue weighted by Crippen LogP contribution is 2.16. The number of rotatable bonds is 5. The van der Waals surface area contributed by atoms with Crippen LogP contribution in [-0.2, 0) is 30.6 Å². The molecule has 0 aliphatic heterocycles. The number of hydrogen-bond acceptors (Lipinski definition) is 3. The van der Waals surface area contributed by atoms with Crippen LogP contribution < -0.4 is 10.9 Å². The summed E-state index contributed by atoms with van der Waals surface area (Å²) in [5.74, 6) is -0.483. The lowest BCUT2D eigenvalue weighted by atomic mass is 10.1. The van der Waals surface area contributed by atoms with Crippen LogP contribution in [0.5, 0.6) is 0 Å². The third-order valence-electron chi connectivity index (χ3n) is 4.66. The van der Waals surface area contributed by atoms with Gasteiger partial charge in [0.2, 0.25) is 5.91 Å². The maximum atomic E-state index is 12.9. The third kappa shape index (κ3) is 4.77. The Morgan fingerprint density at radius 3 is 2.73 bits per heavy atom. The van der Waals surface area contributed by atoms with Gasteiger partial charge >= 0.3 is 0 Å². The van der Waals surface area contributed by atoms with E-state index in [9.17, 15) is 14.0 Å². The van der Waals surface area contributed by atoms with Crippen LogP contribution in [0.15, 0.2) is 35.1 Å². The van der Waals surface area contributed by atoms with E-state index >= 15 is 0 Å². The molecule has 0 saturated carbocycles. The van der Waals surface area contributed by atoms with Gasteiger partial charge in [0.25, 0.3) is 5.56 Å². The van der Waals surface area contributed by atoms with E-state index in [4.69, 9.17) is 0 Å². The van der Waals surface area contributed by atoms with Gasteiger partial charge in [-0.1, -0.05) is 18.6 Å². The molecule has 1 atom stereocenters. The number of fused-ring (bicyclic) bond motifs is 1. The smallest absolute Gasteiger partial charge is 0.267 e. The molecule has 1 N–H and O–H groups in total. The highest BCUT2D eigenvalue weighted by atomic mass is 19.1. The first-order chi connectivity index (χ1) is 12.5. The molecule has 0 bridgehead atoms. The number of nitrogens with one attached hydrogen (secondary N) is 1. The van der Waals surface area contributed by atoms with Gasteiger partial charge in [-0.2, -0.15) is 5.10 Å². The van der Waals surface area contributed by atoms with E-state index in [1.165, 1.54) is 23.2 Å². The Bertz CT molecular complexity index is 830. The van der Waals surface area contributed by atoms with E-state index in [0.717, 1.165) is 42.5 Å². The zero-order chi connectivity index (χ0) is 18.5. The molecule has 0 radical (unpaired) electrons. The second kappa shape index (κ2) is 8.25. The van der Waals surface area contributed by atoms with Crippen LogP contribution in [0.3, 0.4) is 0 Å². The van der Waals surface area contributed by atoms with Gasteiger partial charge in [0.1, 0.15) is 5.82 Å². The molecule has 5 nitrogen and oxygen atoms in total. The van der Waals surface area contributed by atoms with Gasteiger partial charge in [-0.25, -0.2) is 9.07 Å². The molecule has 1 aliphatic rings. The Kier molecular flexibility index (Phi) is 5.81. The molecule has 1 aliphatic carbocycles. The first kappa shape index (κ1) is 18.3. The molecule has 26 heavy (non-hydrogen) atoms. The van der Waals surface area contributed by atoms with Gasteiger partial charge in [-0.3, -0.25) is 9.59 Å². The summed E-state index contributed by atoms with van der Waals surface area (Å²) in [5.41, 5.74) is 2.70. The first-order valence-corrected chi connectivity index (χ1v) is 9.15. The monoisotopic (exact) mass is 357 g/mol. The predicted octanol–water partition coefficient (Wildman–Crippen LogP) is 2.40. The number of benzene rings is 1. The zero-order valence-electron chi connectivity index (χ0n) is 15.0. The molecule has 6 heteroatoms. The van der Waals surface area contributed by atoms with Gasteiger partial charge in [-0.05, 0) is 55.9 Å². The number of carbonyl (C=O) groups excluding carboxylic acids is 1. The maximum Gasteiger partial charge on any atom is 0.267 e. The van der Waals surface area contributed by atoms with Crippen molar-refractivity contribution in [2.75, 3.05) is 0 Å². The van der Waals surface area contributed by atoms with Crippen molar-refractivity contribution in [1.82, 2.24) is 15.1 Å². The van der Waals surface area contributed by atoms with E-state index in [-0.39, 0.29) is 29.7 Å². The fourth-order valence-electron chi connectivity index (χ4n) is 3.33. The van der Waals surface area contributed by atoms with Crippen molar-refractivity contribution in [2.24, 2.45) is 0 Å². The summed E-state index contributed by atoms with van der Waals surface area (Å²) in [6.07, 6.45) is 5.37. The fourth-order valence-corrected chi connectivity index (χ4v) is 3.33. The number of carbonyl (C=O) groups is 1. The average Bonchev–Trinajstić information content (AvgIpc) is 2.82. The van der Waals surface area contributed by atoms with E-state index < -0.39 is 0 Å². The molecule has 0 saturated heterocycles. The van der Waals surface area contributed by atoms with E-state index in [2.05, 4.69) is 10.4 Å². The zero-order valence-corrected chi connectivity index (χ0v) is 15.0. The largest absolute Gasteiger partial charge is 0.351 e. The minimum atomic E-state index is -0.323. The summed E-state index contributed by atoms with van der Waals surface area (Å²) in [6, 6.07) is 7.34. The third-order valence-corrected chi connectivity index (χ3v) is 4.66. The van der Waals surface area contributed by atoms with Crippen molar-refractivity contribution in [3.63, 3.8) is 0 Å². The molecule has 1 aromatic heterocycles. The SMILES string of the molecule is C[C@H](Cn1nc2c(cc1=O)CCCCC2)NC(=O)Cc1ccc(F)cc1. The van der Waals surface area contributed by atoms with Crippen LogP contribution in [0, 0.1) is 5.82 Å². The molecule has 138 valence electrons. The Morgan fingerprint density at radius 1 is 1.23 bits per heavy atom. The lowest BCUT2D eigenvalue weighted by Gasteiger charge is -2.16. The maximum absolute atomic E-state index is 12.9. The lowest BCUT2D eigenvalue weighted by Crippen LogP contribution is -2.40. The molecule has 0 spiro atoms. The summed E-state index contributed by atoms with van der Waals surface area (Å²) >= 11 is 0. The quantitative estimate of drug-likeness (QED) is 0.836. The molecule has 2 aromatic rings. The summed E-state index contributed by atoms with van der Waals surface area (Å²) in [6.45, 7) is 2.18. The van der Waals surface area contributed by atoms with Crippen molar-refractivity contribution in [1.29, 1.82) is 0 Å².